The van der Waals surface area contributed by atoms with E-state index in [0.29, 0.717) is 0 Å². The summed E-state index contributed by atoms with van der Waals surface area (Å²) in [6, 6.07) is 29.7. The average molecular weight is 623 g/mol. The van der Waals surface area contributed by atoms with Crippen LogP contribution in [0.3, 0.4) is 0 Å². The lowest BCUT2D eigenvalue weighted by molar-refractivity contribution is -0.0000216. The summed E-state index contributed by atoms with van der Waals surface area (Å²) in [5.41, 5.74) is 8.73. The molecule has 242 valence electrons. The van der Waals surface area contributed by atoms with Crippen molar-refractivity contribution in [3.8, 4) is 22.5 Å². The molecule has 1 aromatic heterocycles. The number of aryl methyl sites for hydroxylation is 1. The van der Waals surface area contributed by atoms with Gasteiger partial charge in [0.1, 0.15) is 0 Å². The van der Waals surface area contributed by atoms with Gasteiger partial charge in [0.2, 0.25) is 0 Å². The summed E-state index contributed by atoms with van der Waals surface area (Å²) >= 11 is 0. The van der Waals surface area contributed by atoms with Crippen molar-refractivity contribution in [1.29, 1.82) is 0 Å². The molecule has 0 fully saturated rings. The second-order valence-electron chi connectivity index (χ2n) is 14.1. The van der Waals surface area contributed by atoms with E-state index < -0.39 is 7.54 Å². The van der Waals surface area contributed by atoms with Gasteiger partial charge in [-0.1, -0.05) is 123 Å². The third-order valence-electron chi connectivity index (χ3n) is 7.19. The lowest BCUT2D eigenvalue weighted by atomic mass is 9.86. The van der Waals surface area contributed by atoms with E-state index in [0.717, 1.165) is 22.6 Å². The quantitative estimate of drug-likeness (QED) is 0.0989. The minimum absolute atomic E-state index is 0. The molecule has 0 bridgehead atoms. The lowest BCUT2D eigenvalue weighted by Crippen LogP contribution is -3.00. The molecule has 0 saturated carbocycles. The first-order valence-electron chi connectivity index (χ1n) is 14.9. The van der Waals surface area contributed by atoms with Crippen LogP contribution in [0.2, 0.25) is 0 Å². The zero-order chi connectivity index (χ0) is 33.5. The van der Waals surface area contributed by atoms with Crippen LogP contribution >= 0.6 is 0 Å². The number of benzene rings is 3. The number of ketones is 1. The first-order valence-corrected chi connectivity index (χ1v) is 14.9. The van der Waals surface area contributed by atoms with E-state index in [2.05, 4.69) is 123 Å². The van der Waals surface area contributed by atoms with Crippen molar-refractivity contribution in [1.82, 2.24) is 0 Å². The molecule has 0 aliphatic carbocycles. The Morgan fingerprint density at radius 2 is 0.911 bits per heavy atom. The second-order valence-corrected chi connectivity index (χ2v) is 14.1. The molecule has 0 unspecified atom stereocenters. The molecule has 0 amide bonds. The fourth-order valence-electron chi connectivity index (χ4n) is 4.45. The van der Waals surface area contributed by atoms with Gasteiger partial charge in [0.15, 0.2) is 5.78 Å². The van der Waals surface area contributed by atoms with Crippen molar-refractivity contribution in [2.45, 2.75) is 92.4 Å². The summed E-state index contributed by atoms with van der Waals surface area (Å²) in [7, 11) is -3.67. The predicted molar refractivity (Wildman–Crippen MR) is 180 cm³/mol. The normalized spacial score (nSPS) is 11.2. The number of hydrogen-bond acceptors (Lipinski definition) is 1. The van der Waals surface area contributed by atoms with Crippen LogP contribution in [-0.2, 0) is 16.2 Å². The third kappa shape index (κ3) is 12.7. The fourth-order valence-corrected chi connectivity index (χ4v) is 4.45. The van der Waals surface area contributed by atoms with E-state index in [-0.39, 0.29) is 26.7 Å². The molecule has 4 aromatic rings. The molecule has 0 saturated heterocycles. The maximum Gasteiger partial charge on any atom is 0.762 e. The topological polar surface area (TPSA) is 28.4 Å². The van der Waals surface area contributed by atoms with E-state index in [1.54, 1.807) is 6.92 Å². The van der Waals surface area contributed by atoms with E-state index >= 15 is 0 Å². The molecule has 0 N–H and O–H groups in total. The Labute approximate surface area is 267 Å². The molecule has 3 aromatic carbocycles. The number of halogens is 4. The van der Waals surface area contributed by atoms with Gasteiger partial charge in [0.05, 0.1) is 18.6 Å². The standard InChI is InChI=1S/C26H31O.C12H16O.BF3.FH/c1-18-16-21(19-8-12-22(13-9-19)25(2,3)4)17-24(27-18)20-10-14-23(15-11-20)26(5,6)7;1-9(13)10-5-7-11(8-6-10)12(2,3)4;2-1(3)4;/h8-17H,1-7H3;5-8H,1-4H3;;1H/q+1;;;/p-1. The average Bonchev–Trinajstić information content (AvgIpc) is 2.91. The first-order chi connectivity index (χ1) is 20.2. The zero-order valence-electron chi connectivity index (χ0n) is 28.5. The summed E-state index contributed by atoms with van der Waals surface area (Å²) < 4.78 is 35.0. The van der Waals surface area contributed by atoms with Crippen LogP contribution in [0.4, 0.5) is 12.9 Å². The number of hydrogen-bond donors (Lipinski definition) is 0. The van der Waals surface area contributed by atoms with Crippen molar-refractivity contribution in [2.75, 3.05) is 0 Å². The van der Waals surface area contributed by atoms with Gasteiger partial charge in [-0.15, -0.1) is 0 Å². The highest BCUT2D eigenvalue weighted by molar-refractivity contribution is 6.33. The number of carbonyl (C=O) groups is 1. The highest BCUT2D eigenvalue weighted by Crippen LogP contribution is 2.32. The van der Waals surface area contributed by atoms with Crippen LogP contribution in [0.15, 0.2) is 89.3 Å². The van der Waals surface area contributed by atoms with Gasteiger partial charge in [-0.25, -0.2) is 4.42 Å². The molecule has 0 aliphatic rings. The van der Waals surface area contributed by atoms with Crippen LogP contribution in [-0.4, -0.2) is 13.3 Å². The van der Waals surface area contributed by atoms with Crippen molar-refractivity contribution in [3.05, 3.63) is 113 Å². The van der Waals surface area contributed by atoms with Gasteiger partial charge in [-0.3, -0.25) is 17.7 Å². The molecule has 2 nitrogen and oxygen atoms in total. The summed E-state index contributed by atoms with van der Waals surface area (Å²) in [5, 5.41) is 0. The minimum atomic E-state index is -3.67. The van der Waals surface area contributed by atoms with Crippen LogP contribution in [0.1, 0.15) is 102 Å². The van der Waals surface area contributed by atoms with Crippen LogP contribution in [0.25, 0.3) is 22.5 Å². The number of Topliss-reactive ketones (excluding diaryl/α,β-unsaturated/α-hetero) is 1. The largest absolute Gasteiger partial charge is 1.00 e. The first kappa shape index (κ1) is 39.3. The number of carbonyl (C=O) groups excluding carboxylic acids is 1. The predicted octanol–water partition coefficient (Wildman–Crippen LogP) is 8.87. The van der Waals surface area contributed by atoms with Gasteiger partial charge in [0.25, 0.3) is 0 Å². The van der Waals surface area contributed by atoms with Crippen LogP contribution in [0.5, 0.6) is 0 Å². The SMILES string of the molecule is CC(=O)c1ccc(C(C)(C)C)cc1.Cc1cc(-c2ccc(C(C)(C)C)cc2)cc(-c2ccc(C(C)(C)C)cc2)[o+]1.FB(F)F.[F-]. The zero-order valence-corrected chi connectivity index (χ0v) is 28.5. The molecule has 7 heteroatoms. The molecule has 4 rings (SSSR count). The van der Waals surface area contributed by atoms with Gasteiger partial charge < -0.3 is 4.70 Å². The van der Waals surface area contributed by atoms with E-state index in [1.165, 1.54) is 27.8 Å². The van der Waals surface area contributed by atoms with Gasteiger partial charge in [-0.2, -0.15) is 0 Å². The Hall–Kier alpha value is -3.74. The summed E-state index contributed by atoms with van der Waals surface area (Å²) in [6.45, 7) is 23.5. The lowest BCUT2D eigenvalue weighted by Gasteiger charge is -2.19. The highest BCUT2D eigenvalue weighted by Gasteiger charge is 2.19. The smallest absolute Gasteiger partial charge is 0.762 e. The summed E-state index contributed by atoms with van der Waals surface area (Å²) in [5.74, 6) is 1.95. The Kier molecular flexibility index (Phi) is 14.0. The molecule has 1 heterocycles. The van der Waals surface area contributed by atoms with Crippen molar-refractivity contribution in [2.24, 2.45) is 0 Å². The third-order valence-corrected chi connectivity index (χ3v) is 7.19. The molecule has 0 atom stereocenters. The minimum Gasteiger partial charge on any atom is -1.00 e. The van der Waals surface area contributed by atoms with Crippen molar-refractivity contribution in [3.63, 3.8) is 0 Å². The van der Waals surface area contributed by atoms with Gasteiger partial charge in [0, 0.05) is 17.2 Å². The maximum absolute atomic E-state index is 11.0. The van der Waals surface area contributed by atoms with E-state index in [1.807, 2.05) is 31.2 Å². The van der Waals surface area contributed by atoms with Crippen LogP contribution in [0, 0.1) is 6.92 Å². The molecular weight excluding hydrogens is 575 g/mol. The van der Waals surface area contributed by atoms with Crippen LogP contribution < -0.4 is 4.70 Å². The summed E-state index contributed by atoms with van der Waals surface area (Å²) in [4.78, 5) is 11.0. The Morgan fingerprint density at radius 1 is 0.578 bits per heavy atom. The van der Waals surface area contributed by atoms with Crippen molar-refractivity contribution < 1.29 is 26.9 Å². The summed E-state index contributed by atoms with van der Waals surface area (Å²) in [6.07, 6.45) is 0. The molecule has 0 spiro atoms. The van der Waals surface area contributed by atoms with E-state index in [4.69, 9.17) is 4.42 Å². The van der Waals surface area contributed by atoms with Gasteiger partial charge in [-0.05, 0) is 57.6 Å². The maximum atomic E-state index is 11.0. The van der Waals surface area contributed by atoms with Crippen molar-refractivity contribution >= 4 is 13.3 Å². The second kappa shape index (κ2) is 16.0. The fraction of sp³-hybridized carbons (Fsp3) is 0.368. The Balaban J connectivity index is 0.000000470. The molecule has 0 aliphatic heterocycles. The Morgan fingerprint density at radius 3 is 1.24 bits per heavy atom. The molecule has 0 radical (unpaired) electrons. The van der Waals surface area contributed by atoms with Gasteiger partial charge >= 0.3 is 19.1 Å². The molecule has 45 heavy (non-hydrogen) atoms. The monoisotopic (exact) mass is 622 g/mol. The highest BCUT2D eigenvalue weighted by atomic mass is 19.4. The number of rotatable bonds is 3. The van der Waals surface area contributed by atoms with E-state index in [9.17, 15) is 17.7 Å². The molecular formula is C38H47BF4O2. The Bertz CT molecular complexity index is 1410.